The average molecular weight is 320 g/mol. The molecule has 1 fully saturated rings. The Morgan fingerprint density at radius 1 is 1.30 bits per heavy atom. The molecule has 1 aliphatic heterocycles. The quantitative estimate of drug-likeness (QED) is 0.938. The maximum atomic E-state index is 12.9. The molecule has 1 aromatic carbocycles. The molecule has 2 atom stereocenters. The third kappa shape index (κ3) is 4.30. The Kier molecular flexibility index (Phi) is 4.93. The van der Waals surface area contributed by atoms with Crippen LogP contribution in [0.25, 0.3) is 0 Å². The van der Waals surface area contributed by atoms with Gasteiger partial charge in [-0.2, -0.15) is 0 Å². The van der Waals surface area contributed by atoms with Crippen LogP contribution in [0.4, 0.5) is 4.39 Å². The fourth-order valence-corrected chi connectivity index (χ4v) is 2.82. The van der Waals surface area contributed by atoms with Gasteiger partial charge in [0.25, 0.3) is 0 Å². The molecule has 1 aromatic heterocycles. The number of hydrogen-bond acceptors (Lipinski definition) is 5. The molecule has 6 heteroatoms. The molecule has 0 bridgehead atoms. The summed E-state index contributed by atoms with van der Waals surface area (Å²) in [4.78, 5) is 2.23. The molecule has 0 saturated carbocycles. The molecule has 0 aliphatic carbocycles. The Bertz CT molecular complexity index is 629. The summed E-state index contributed by atoms with van der Waals surface area (Å²) in [5.41, 5.74) is 0.898. The minimum atomic E-state index is -0.538. The molecule has 0 spiro atoms. The second-order valence-corrected chi connectivity index (χ2v) is 5.96. The van der Waals surface area contributed by atoms with Gasteiger partial charge in [0.05, 0.1) is 11.8 Å². The van der Waals surface area contributed by atoms with Gasteiger partial charge in [0.2, 0.25) is 0 Å². The molecule has 5 nitrogen and oxygen atoms in total. The van der Waals surface area contributed by atoms with E-state index in [1.165, 1.54) is 12.1 Å². The summed E-state index contributed by atoms with van der Waals surface area (Å²) >= 11 is 0. The molecule has 2 heterocycles. The molecular weight excluding hydrogens is 299 g/mol. The van der Waals surface area contributed by atoms with Crippen LogP contribution in [0.3, 0.4) is 0 Å². The fraction of sp³-hybridized carbons (Fsp3) is 0.471. The van der Waals surface area contributed by atoms with E-state index in [1.54, 1.807) is 12.1 Å². The highest BCUT2D eigenvalue weighted by molar-refractivity contribution is 5.22. The zero-order chi connectivity index (χ0) is 16.2. The number of likely N-dealkylation sites (tertiary alicyclic amines) is 1. The van der Waals surface area contributed by atoms with Gasteiger partial charge in [0.15, 0.2) is 0 Å². The third-order valence-corrected chi connectivity index (χ3v) is 4.06. The predicted octanol–water partition coefficient (Wildman–Crippen LogP) is 2.53. The second-order valence-electron chi connectivity index (χ2n) is 5.96. The van der Waals surface area contributed by atoms with Crippen LogP contribution >= 0.6 is 0 Å². The van der Waals surface area contributed by atoms with Crippen LogP contribution in [-0.4, -0.2) is 40.5 Å². The Labute approximate surface area is 134 Å². The predicted molar refractivity (Wildman–Crippen MR) is 82.6 cm³/mol. The van der Waals surface area contributed by atoms with E-state index >= 15 is 0 Å². The largest absolute Gasteiger partial charge is 0.488 e. The number of halogens is 1. The zero-order valence-corrected chi connectivity index (χ0v) is 13.1. The van der Waals surface area contributed by atoms with Crippen LogP contribution in [0, 0.1) is 12.7 Å². The highest BCUT2D eigenvalue weighted by atomic mass is 19.1. The van der Waals surface area contributed by atoms with Crippen molar-refractivity contribution in [1.82, 2.24) is 10.1 Å². The maximum absolute atomic E-state index is 12.9. The summed E-state index contributed by atoms with van der Waals surface area (Å²) < 4.78 is 23.9. The molecular formula is C17H21FN2O3. The summed E-state index contributed by atoms with van der Waals surface area (Å²) in [6, 6.07) is 7.81. The van der Waals surface area contributed by atoms with Gasteiger partial charge in [-0.1, -0.05) is 5.16 Å². The van der Waals surface area contributed by atoms with Crippen molar-refractivity contribution >= 4 is 0 Å². The lowest BCUT2D eigenvalue weighted by molar-refractivity contribution is 0.0349. The highest BCUT2D eigenvalue weighted by Crippen LogP contribution is 2.21. The van der Waals surface area contributed by atoms with Crippen molar-refractivity contribution in [2.24, 2.45) is 0 Å². The van der Waals surface area contributed by atoms with Crippen LogP contribution in [0.5, 0.6) is 5.75 Å². The van der Waals surface area contributed by atoms with E-state index in [9.17, 15) is 9.50 Å². The monoisotopic (exact) mass is 320 g/mol. The van der Waals surface area contributed by atoms with Crippen molar-refractivity contribution in [2.75, 3.05) is 13.1 Å². The van der Waals surface area contributed by atoms with Crippen LogP contribution in [0.2, 0.25) is 0 Å². The van der Waals surface area contributed by atoms with Crippen molar-refractivity contribution in [2.45, 2.75) is 38.5 Å². The number of aromatic nitrogens is 1. The first kappa shape index (κ1) is 16.0. The van der Waals surface area contributed by atoms with Gasteiger partial charge < -0.3 is 14.4 Å². The van der Waals surface area contributed by atoms with E-state index in [4.69, 9.17) is 9.26 Å². The standard InChI is InChI=1S/C17H21FN2O3/c1-12-10-14(19-23-12)11-20-8-6-16(21)17(7-9-20)22-15-4-2-13(18)3-5-15/h2-5,10,16-17,21H,6-9,11H2,1H3/t16-,17-/m0/s1. The Morgan fingerprint density at radius 2 is 2.04 bits per heavy atom. The van der Waals surface area contributed by atoms with E-state index in [0.29, 0.717) is 25.1 Å². The first-order valence-corrected chi connectivity index (χ1v) is 7.85. The first-order valence-electron chi connectivity index (χ1n) is 7.85. The summed E-state index contributed by atoms with van der Waals surface area (Å²) in [5.74, 6) is 1.08. The molecule has 0 amide bonds. The van der Waals surface area contributed by atoms with E-state index in [0.717, 1.165) is 24.5 Å². The van der Waals surface area contributed by atoms with E-state index in [2.05, 4.69) is 10.1 Å². The van der Waals surface area contributed by atoms with Crippen LogP contribution < -0.4 is 4.74 Å². The number of benzene rings is 1. The molecule has 3 rings (SSSR count). The lowest BCUT2D eigenvalue weighted by Crippen LogP contribution is -2.31. The summed E-state index contributed by atoms with van der Waals surface area (Å²) in [5, 5.41) is 14.3. The molecule has 23 heavy (non-hydrogen) atoms. The van der Waals surface area contributed by atoms with E-state index < -0.39 is 6.10 Å². The Hall–Kier alpha value is -1.92. The Morgan fingerprint density at radius 3 is 2.74 bits per heavy atom. The van der Waals surface area contributed by atoms with Gasteiger partial charge in [-0.15, -0.1) is 0 Å². The number of aryl methyl sites for hydroxylation is 1. The minimum Gasteiger partial charge on any atom is -0.488 e. The summed E-state index contributed by atoms with van der Waals surface area (Å²) in [6.45, 7) is 4.15. The minimum absolute atomic E-state index is 0.287. The SMILES string of the molecule is Cc1cc(CN2CC[C@H](Oc3ccc(F)cc3)[C@@H](O)CC2)no1. The summed E-state index contributed by atoms with van der Waals surface area (Å²) in [7, 11) is 0. The molecule has 2 aromatic rings. The van der Waals surface area contributed by atoms with Crippen molar-refractivity contribution in [3.63, 3.8) is 0 Å². The van der Waals surface area contributed by atoms with Gasteiger partial charge in [-0.05, 0) is 44.0 Å². The van der Waals surface area contributed by atoms with Crippen molar-refractivity contribution in [3.05, 3.63) is 47.6 Å². The number of nitrogens with zero attached hydrogens (tertiary/aromatic N) is 2. The van der Waals surface area contributed by atoms with Gasteiger partial charge >= 0.3 is 0 Å². The van der Waals surface area contributed by atoms with Crippen molar-refractivity contribution in [1.29, 1.82) is 0 Å². The van der Waals surface area contributed by atoms with Crippen LogP contribution in [0.15, 0.2) is 34.9 Å². The van der Waals surface area contributed by atoms with Crippen molar-refractivity contribution < 1.29 is 18.8 Å². The third-order valence-electron chi connectivity index (χ3n) is 4.06. The zero-order valence-electron chi connectivity index (χ0n) is 13.1. The number of rotatable bonds is 4. The molecule has 124 valence electrons. The molecule has 0 radical (unpaired) electrons. The molecule has 0 unspecified atom stereocenters. The normalized spacial score (nSPS) is 22.7. The lowest BCUT2D eigenvalue weighted by Gasteiger charge is -2.21. The van der Waals surface area contributed by atoms with E-state index in [1.807, 2.05) is 13.0 Å². The van der Waals surface area contributed by atoms with Gasteiger partial charge in [-0.3, -0.25) is 4.90 Å². The number of aliphatic hydroxyl groups excluding tert-OH is 1. The summed E-state index contributed by atoms with van der Waals surface area (Å²) in [6.07, 6.45) is 0.506. The lowest BCUT2D eigenvalue weighted by atomic mass is 10.1. The first-order chi connectivity index (χ1) is 11.1. The number of aliphatic hydroxyl groups is 1. The van der Waals surface area contributed by atoms with Gasteiger partial charge in [0.1, 0.15) is 23.4 Å². The van der Waals surface area contributed by atoms with Gasteiger partial charge in [-0.25, -0.2) is 4.39 Å². The smallest absolute Gasteiger partial charge is 0.133 e. The fourth-order valence-electron chi connectivity index (χ4n) is 2.82. The second kappa shape index (κ2) is 7.10. The molecule has 1 saturated heterocycles. The molecule has 1 aliphatic rings. The highest BCUT2D eigenvalue weighted by Gasteiger charge is 2.26. The topological polar surface area (TPSA) is 58.7 Å². The van der Waals surface area contributed by atoms with Gasteiger partial charge in [0, 0.05) is 25.7 Å². The van der Waals surface area contributed by atoms with E-state index in [-0.39, 0.29) is 11.9 Å². The maximum Gasteiger partial charge on any atom is 0.133 e. The van der Waals surface area contributed by atoms with Crippen LogP contribution in [-0.2, 0) is 6.54 Å². The van der Waals surface area contributed by atoms with Crippen molar-refractivity contribution in [3.8, 4) is 5.75 Å². The number of ether oxygens (including phenoxy) is 1. The van der Waals surface area contributed by atoms with Crippen LogP contribution in [0.1, 0.15) is 24.3 Å². The average Bonchev–Trinajstić information content (AvgIpc) is 2.87. The Balaban J connectivity index is 1.58. The molecule has 1 N–H and O–H groups in total. The number of hydrogen-bond donors (Lipinski definition) is 1.